The van der Waals surface area contributed by atoms with Crippen LogP contribution in [0.15, 0.2) is 58.1 Å². The van der Waals surface area contributed by atoms with Crippen LogP contribution in [0, 0.1) is 0 Å². The number of aliphatic imine (C=N–C) groups is 1. The monoisotopic (exact) mass is 346 g/mol. The van der Waals surface area contributed by atoms with Crippen molar-refractivity contribution in [3.8, 4) is 0 Å². The van der Waals surface area contributed by atoms with E-state index in [1.165, 1.54) is 5.56 Å². The summed E-state index contributed by atoms with van der Waals surface area (Å²) in [5.74, 6) is 0.795. The Bertz CT molecular complexity index is 584. The van der Waals surface area contributed by atoms with E-state index in [2.05, 4.69) is 55.6 Å². The lowest BCUT2D eigenvalue weighted by Gasteiger charge is -2.11. The van der Waals surface area contributed by atoms with E-state index in [1.54, 1.807) is 6.20 Å². The van der Waals surface area contributed by atoms with E-state index in [9.17, 15) is 0 Å². The largest absolute Gasteiger partial charge is 0.357 e. The number of pyridine rings is 1. The van der Waals surface area contributed by atoms with E-state index in [0.717, 1.165) is 22.7 Å². The number of aromatic nitrogens is 1. The van der Waals surface area contributed by atoms with Gasteiger partial charge in [0.1, 0.15) is 0 Å². The minimum atomic E-state index is 0.636. The lowest BCUT2D eigenvalue weighted by Crippen LogP contribution is -2.36. The van der Waals surface area contributed by atoms with Gasteiger partial charge in [-0.25, -0.2) is 4.99 Å². The summed E-state index contributed by atoms with van der Waals surface area (Å²) in [5, 5.41) is 6.52. The number of nitrogens with one attached hydrogen (secondary N) is 2. The number of nitrogens with zero attached hydrogens (tertiary/aromatic N) is 2. The Balaban J connectivity index is 1.96. The number of hydrogen-bond acceptors (Lipinski definition) is 2. The molecule has 4 nitrogen and oxygen atoms in total. The molecule has 0 spiro atoms. The lowest BCUT2D eigenvalue weighted by atomic mass is 10.2. The van der Waals surface area contributed by atoms with Crippen molar-refractivity contribution in [2.24, 2.45) is 4.99 Å². The summed E-state index contributed by atoms with van der Waals surface area (Å²) in [6.45, 7) is 4.17. The van der Waals surface area contributed by atoms with Crippen LogP contribution in [-0.4, -0.2) is 17.5 Å². The lowest BCUT2D eigenvalue weighted by molar-refractivity contribution is 0.799. The second kappa shape index (κ2) is 8.42. The van der Waals surface area contributed by atoms with Gasteiger partial charge in [0, 0.05) is 17.2 Å². The van der Waals surface area contributed by atoms with Gasteiger partial charge in [0.15, 0.2) is 5.96 Å². The van der Waals surface area contributed by atoms with Crippen LogP contribution in [0.5, 0.6) is 0 Å². The maximum atomic E-state index is 4.59. The molecule has 0 saturated carbocycles. The van der Waals surface area contributed by atoms with Crippen LogP contribution < -0.4 is 10.6 Å². The van der Waals surface area contributed by atoms with Crippen LogP contribution in [0.4, 0.5) is 0 Å². The summed E-state index contributed by atoms with van der Waals surface area (Å²) in [6.07, 6.45) is 1.79. The number of hydrogen-bond donors (Lipinski definition) is 2. The summed E-state index contributed by atoms with van der Waals surface area (Å²) in [5.41, 5.74) is 2.16. The van der Waals surface area contributed by atoms with Gasteiger partial charge in [-0.15, -0.1) is 0 Å². The SMILES string of the molecule is CCNC(=NCc1cccc(Br)c1)NCc1ccccn1. The summed E-state index contributed by atoms with van der Waals surface area (Å²) in [7, 11) is 0. The molecule has 21 heavy (non-hydrogen) atoms. The molecule has 0 unspecified atom stereocenters. The van der Waals surface area contributed by atoms with E-state index in [4.69, 9.17) is 0 Å². The van der Waals surface area contributed by atoms with Gasteiger partial charge in [-0.2, -0.15) is 0 Å². The number of rotatable bonds is 5. The molecule has 1 aromatic carbocycles. The Morgan fingerprint density at radius 3 is 2.81 bits per heavy atom. The molecule has 1 aromatic heterocycles. The number of halogens is 1. The van der Waals surface area contributed by atoms with Crippen LogP contribution in [0.3, 0.4) is 0 Å². The Labute approximate surface area is 133 Å². The molecule has 0 saturated heterocycles. The molecular formula is C16H19BrN4. The van der Waals surface area contributed by atoms with Crippen molar-refractivity contribution in [3.05, 3.63) is 64.4 Å². The van der Waals surface area contributed by atoms with E-state index in [1.807, 2.05) is 30.3 Å². The van der Waals surface area contributed by atoms with Crippen LogP contribution in [0.2, 0.25) is 0 Å². The molecule has 2 rings (SSSR count). The average Bonchev–Trinajstić information content (AvgIpc) is 2.51. The summed E-state index contributed by atoms with van der Waals surface area (Å²) in [4.78, 5) is 8.87. The van der Waals surface area contributed by atoms with E-state index < -0.39 is 0 Å². The van der Waals surface area contributed by atoms with Crippen molar-refractivity contribution in [2.75, 3.05) is 6.54 Å². The molecule has 0 amide bonds. The van der Waals surface area contributed by atoms with Gasteiger partial charge in [0.05, 0.1) is 18.8 Å². The molecule has 5 heteroatoms. The Morgan fingerprint density at radius 1 is 1.19 bits per heavy atom. The van der Waals surface area contributed by atoms with Crippen molar-refractivity contribution < 1.29 is 0 Å². The first-order chi connectivity index (χ1) is 10.3. The molecular weight excluding hydrogens is 328 g/mol. The first kappa shape index (κ1) is 15.5. The quantitative estimate of drug-likeness (QED) is 0.646. The highest BCUT2D eigenvalue weighted by molar-refractivity contribution is 9.10. The molecule has 2 aromatic rings. The number of guanidine groups is 1. The highest BCUT2D eigenvalue weighted by Gasteiger charge is 1.99. The second-order valence-electron chi connectivity index (χ2n) is 4.50. The van der Waals surface area contributed by atoms with E-state index in [-0.39, 0.29) is 0 Å². The fraction of sp³-hybridized carbons (Fsp3) is 0.250. The topological polar surface area (TPSA) is 49.3 Å². The highest BCUT2D eigenvalue weighted by Crippen LogP contribution is 2.12. The second-order valence-corrected chi connectivity index (χ2v) is 5.42. The molecule has 0 aliphatic heterocycles. The molecule has 110 valence electrons. The predicted molar refractivity (Wildman–Crippen MR) is 90.0 cm³/mol. The fourth-order valence-electron chi connectivity index (χ4n) is 1.82. The van der Waals surface area contributed by atoms with E-state index in [0.29, 0.717) is 13.1 Å². The average molecular weight is 347 g/mol. The molecule has 0 atom stereocenters. The van der Waals surface area contributed by atoms with Crippen molar-refractivity contribution in [3.63, 3.8) is 0 Å². The molecule has 1 heterocycles. The minimum absolute atomic E-state index is 0.636. The van der Waals surface area contributed by atoms with Crippen LogP contribution in [0.1, 0.15) is 18.2 Å². The van der Waals surface area contributed by atoms with Crippen LogP contribution in [0.25, 0.3) is 0 Å². The summed E-state index contributed by atoms with van der Waals surface area (Å²) in [6, 6.07) is 14.1. The zero-order valence-electron chi connectivity index (χ0n) is 12.0. The molecule has 0 aliphatic carbocycles. The van der Waals surface area contributed by atoms with Crippen molar-refractivity contribution in [2.45, 2.75) is 20.0 Å². The maximum absolute atomic E-state index is 4.59. The molecule has 0 radical (unpaired) electrons. The normalized spacial score (nSPS) is 11.2. The third-order valence-electron chi connectivity index (χ3n) is 2.82. The van der Waals surface area contributed by atoms with Gasteiger partial charge in [-0.3, -0.25) is 4.98 Å². The third-order valence-corrected chi connectivity index (χ3v) is 3.31. The van der Waals surface area contributed by atoms with Crippen molar-refractivity contribution in [1.29, 1.82) is 0 Å². The summed E-state index contributed by atoms with van der Waals surface area (Å²) >= 11 is 3.47. The van der Waals surface area contributed by atoms with Gasteiger partial charge in [0.25, 0.3) is 0 Å². The molecule has 0 bridgehead atoms. The van der Waals surface area contributed by atoms with Gasteiger partial charge in [-0.1, -0.05) is 34.1 Å². The highest BCUT2D eigenvalue weighted by atomic mass is 79.9. The van der Waals surface area contributed by atoms with Gasteiger partial charge in [-0.05, 0) is 36.8 Å². The minimum Gasteiger partial charge on any atom is -0.357 e. The Morgan fingerprint density at radius 2 is 2.10 bits per heavy atom. The standard InChI is InChI=1S/C16H19BrN4/c1-2-18-16(21-12-15-8-3-4-9-19-15)20-11-13-6-5-7-14(17)10-13/h3-10H,2,11-12H2,1H3,(H2,18,20,21). The Kier molecular flexibility index (Phi) is 6.22. The Hall–Kier alpha value is -1.88. The maximum Gasteiger partial charge on any atom is 0.191 e. The first-order valence-corrected chi connectivity index (χ1v) is 7.73. The van der Waals surface area contributed by atoms with Crippen LogP contribution in [-0.2, 0) is 13.1 Å². The van der Waals surface area contributed by atoms with Gasteiger partial charge in [0.2, 0.25) is 0 Å². The zero-order chi connectivity index (χ0) is 14.9. The molecule has 0 aliphatic rings. The molecule has 0 fully saturated rings. The fourth-order valence-corrected chi connectivity index (χ4v) is 2.27. The van der Waals surface area contributed by atoms with E-state index >= 15 is 0 Å². The summed E-state index contributed by atoms with van der Waals surface area (Å²) < 4.78 is 1.07. The smallest absolute Gasteiger partial charge is 0.191 e. The van der Waals surface area contributed by atoms with Crippen molar-refractivity contribution in [1.82, 2.24) is 15.6 Å². The van der Waals surface area contributed by atoms with Gasteiger partial charge >= 0.3 is 0 Å². The van der Waals surface area contributed by atoms with Crippen LogP contribution >= 0.6 is 15.9 Å². The van der Waals surface area contributed by atoms with Crippen molar-refractivity contribution >= 4 is 21.9 Å². The molecule has 2 N–H and O–H groups in total. The zero-order valence-corrected chi connectivity index (χ0v) is 13.6. The first-order valence-electron chi connectivity index (χ1n) is 6.94. The predicted octanol–water partition coefficient (Wildman–Crippen LogP) is 3.10. The van der Waals surface area contributed by atoms with Gasteiger partial charge < -0.3 is 10.6 Å². The number of benzene rings is 1. The third kappa shape index (κ3) is 5.55.